The number of pyridine rings is 1. The van der Waals surface area contributed by atoms with Crippen LogP contribution in [0.1, 0.15) is 22.8 Å². The van der Waals surface area contributed by atoms with Gasteiger partial charge >= 0.3 is 5.97 Å². The van der Waals surface area contributed by atoms with Crippen molar-refractivity contribution in [3.8, 4) is 0 Å². The summed E-state index contributed by atoms with van der Waals surface area (Å²) in [5, 5.41) is 3.34. The van der Waals surface area contributed by atoms with Crippen molar-refractivity contribution in [2.24, 2.45) is 0 Å². The Hall–Kier alpha value is -2.31. The molecule has 26 heavy (non-hydrogen) atoms. The predicted molar refractivity (Wildman–Crippen MR) is 102 cm³/mol. The van der Waals surface area contributed by atoms with Crippen LogP contribution in [0.2, 0.25) is 10.0 Å². The molecule has 0 aliphatic rings. The van der Waals surface area contributed by atoms with E-state index in [4.69, 9.17) is 27.9 Å². The maximum atomic E-state index is 12.8. The molecule has 1 N–H and O–H groups in total. The third-order valence-corrected chi connectivity index (χ3v) is 4.66. The molecule has 0 aliphatic heterocycles. The molecule has 1 aromatic heterocycles. The highest BCUT2D eigenvalue weighted by atomic mass is 35.5. The first kappa shape index (κ1) is 20.0. The lowest BCUT2D eigenvalue weighted by Gasteiger charge is -2.29. The molecule has 1 heterocycles. The molecule has 1 amide bonds. The minimum Gasteiger partial charge on any atom is -0.467 e. The van der Waals surface area contributed by atoms with E-state index >= 15 is 0 Å². The van der Waals surface area contributed by atoms with Crippen LogP contribution >= 0.6 is 23.2 Å². The number of methoxy groups -OCH3 is 1. The Morgan fingerprint density at radius 1 is 1.15 bits per heavy atom. The molecule has 2 rings (SSSR count). The number of hydrogen-bond acceptors (Lipinski definition) is 5. The largest absolute Gasteiger partial charge is 0.467 e. The number of nitrogens with zero attached hydrogens (tertiary/aromatic N) is 2. The van der Waals surface area contributed by atoms with Crippen molar-refractivity contribution in [3.63, 3.8) is 0 Å². The lowest BCUT2D eigenvalue weighted by atomic mass is 9.91. The van der Waals surface area contributed by atoms with Crippen molar-refractivity contribution in [1.29, 1.82) is 0 Å². The first-order valence-corrected chi connectivity index (χ1v) is 8.44. The van der Waals surface area contributed by atoms with Crippen LogP contribution in [-0.4, -0.2) is 38.1 Å². The molecule has 1 aromatic carbocycles. The van der Waals surface area contributed by atoms with Crippen molar-refractivity contribution in [3.05, 3.63) is 57.7 Å². The number of esters is 1. The lowest BCUT2D eigenvalue weighted by Crippen LogP contribution is -2.50. The highest BCUT2D eigenvalue weighted by Gasteiger charge is 2.38. The Morgan fingerprint density at radius 3 is 2.42 bits per heavy atom. The molecular weight excluding hydrogens is 377 g/mol. The number of amides is 1. The van der Waals surface area contributed by atoms with Crippen LogP contribution in [0.5, 0.6) is 0 Å². The fourth-order valence-electron chi connectivity index (χ4n) is 2.36. The number of hydrogen-bond donors (Lipinski definition) is 1. The smallest absolute Gasteiger partial charge is 0.336 e. The van der Waals surface area contributed by atoms with E-state index in [1.807, 2.05) is 14.1 Å². The molecule has 0 aliphatic carbocycles. The van der Waals surface area contributed by atoms with Crippen LogP contribution in [0, 0.1) is 0 Å². The number of halogens is 2. The second-order valence-electron chi connectivity index (χ2n) is 6.00. The second kappa shape index (κ2) is 7.93. The maximum absolute atomic E-state index is 12.8. The number of rotatable bonds is 5. The van der Waals surface area contributed by atoms with Crippen LogP contribution in [0.3, 0.4) is 0 Å². The monoisotopic (exact) mass is 395 g/mol. The molecule has 0 unspecified atom stereocenters. The number of anilines is 1. The molecule has 0 spiro atoms. The van der Waals surface area contributed by atoms with Gasteiger partial charge in [0.15, 0.2) is 5.54 Å². The van der Waals surface area contributed by atoms with Crippen LogP contribution in [0.4, 0.5) is 5.82 Å². The van der Waals surface area contributed by atoms with Gasteiger partial charge in [-0.2, -0.15) is 0 Å². The van der Waals surface area contributed by atoms with Gasteiger partial charge in [-0.3, -0.25) is 4.79 Å². The van der Waals surface area contributed by atoms with E-state index in [-0.39, 0.29) is 5.02 Å². The minimum atomic E-state index is -1.44. The first-order valence-electron chi connectivity index (χ1n) is 7.69. The van der Waals surface area contributed by atoms with Crippen LogP contribution < -0.4 is 10.2 Å². The Labute approximate surface area is 162 Å². The molecule has 0 fully saturated rings. The Bertz CT molecular complexity index is 842. The number of benzene rings is 1. The van der Waals surface area contributed by atoms with Gasteiger partial charge in [0.1, 0.15) is 5.82 Å². The van der Waals surface area contributed by atoms with Gasteiger partial charge in [0.05, 0.1) is 17.2 Å². The van der Waals surface area contributed by atoms with Gasteiger partial charge in [0.25, 0.3) is 5.91 Å². The number of carbonyl (C=O) groups excluding carboxylic acids is 2. The highest BCUT2D eigenvalue weighted by molar-refractivity contribution is 6.42. The maximum Gasteiger partial charge on any atom is 0.336 e. The predicted octanol–water partition coefficient (Wildman–Crippen LogP) is 3.27. The van der Waals surface area contributed by atoms with E-state index in [0.717, 1.165) is 0 Å². The van der Waals surface area contributed by atoms with Crippen molar-refractivity contribution >= 4 is 40.9 Å². The van der Waals surface area contributed by atoms with Gasteiger partial charge in [-0.1, -0.05) is 29.3 Å². The molecule has 2 aromatic rings. The van der Waals surface area contributed by atoms with E-state index in [9.17, 15) is 9.59 Å². The zero-order chi connectivity index (χ0) is 19.5. The summed E-state index contributed by atoms with van der Waals surface area (Å²) in [5.74, 6) is -0.465. The van der Waals surface area contributed by atoms with Gasteiger partial charge in [-0.05, 0) is 36.8 Å². The van der Waals surface area contributed by atoms with E-state index < -0.39 is 17.4 Å². The van der Waals surface area contributed by atoms with Gasteiger partial charge in [0.2, 0.25) is 0 Å². The molecule has 0 saturated carbocycles. The summed E-state index contributed by atoms with van der Waals surface area (Å²) in [5.41, 5.74) is -0.630. The van der Waals surface area contributed by atoms with Crippen molar-refractivity contribution in [2.45, 2.75) is 12.5 Å². The average molecular weight is 396 g/mol. The number of aromatic nitrogens is 1. The van der Waals surface area contributed by atoms with E-state index in [1.165, 1.54) is 19.4 Å². The van der Waals surface area contributed by atoms with Crippen LogP contribution in [-0.2, 0) is 15.1 Å². The number of ether oxygens (including phenoxy) is 1. The first-order chi connectivity index (χ1) is 12.2. The molecule has 1 atom stereocenters. The molecular formula is C18H19Cl2N3O3. The van der Waals surface area contributed by atoms with Gasteiger partial charge < -0.3 is 15.0 Å². The summed E-state index contributed by atoms with van der Waals surface area (Å²) < 4.78 is 4.89. The molecule has 0 bridgehead atoms. The SMILES string of the molecule is COC(=O)[C@](C)(NC(=O)c1ccnc(N(C)C)c1)c1ccc(Cl)c(Cl)c1. The fraction of sp³-hybridized carbons (Fsp3) is 0.278. The quantitative estimate of drug-likeness (QED) is 0.786. The zero-order valence-electron chi connectivity index (χ0n) is 14.8. The fourth-order valence-corrected chi connectivity index (χ4v) is 2.65. The standard InChI is InChI=1S/C18H19Cl2N3O3/c1-18(17(25)26-4,12-5-6-13(19)14(20)10-12)22-16(24)11-7-8-21-15(9-11)23(2)3/h5-10H,1-4H3,(H,22,24)/t18-/m1/s1. The average Bonchev–Trinajstić information content (AvgIpc) is 2.63. The molecule has 6 nitrogen and oxygen atoms in total. The second-order valence-corrected chi connectivity index (χ2v) is 6.81. The topological polar surface area (TPSA) is 71.5 Å². The Morgan fingerprint density at radius 2 is 1.85 bits per heavy atom. The summed E-state index contributed by atoms with van der Waals surface area (Å²) in [6.07, 6.45) is 1.53. The van der Waals surface area contributed by atoms with Gasteiger partial charge in [-0.25, -0.2) is 9.78 Å². The molecule has 8 heteroatoms. The van der Waals surface area contributed by atoms with Gasteiger partial charge in [0, 0.05) is 25.9 Å². The highest BCUT2D eigenvalue weighted by Crippen LogP contribution is 2.30. The van der Waals surface area contributed by atoms with E-state index in [2.05, 4.69) is 10.3 Å². The third kappa shape index (κ3) is 4.08. The third-order valence-electron chi connectivity index (χ3n) is 3.92. The lowest BCUT2D eigenvalue weighted by molar-refractivity contribution is -0.147. The molecule has 0 saturated heterocycles. The Balaban J connectivity index is 2.41. The van der Waals surface area contributed by atoms with Crippen molar-refractivity contribution < 1.29 is 14.3 Å². The normalized spacial score (nSPS) is 12.8. The number of carbonyl (C=O) groups is 2. The van der Waals surface area contributed by atoms with E-state index in [1.54, 1.807) is 36.1 Å². The number of nitrogens with one attached hydrogen (secondary N) is 1. The van der Waals surface area contributed by atoms with Crippen LogP contribution in [0.25, 0.3) is 0 Å². The summed E-state index contributed by atoms with van der Waals surface area (Å²) >= 11 is 12.0. The summed E-state index contributed by atoms with van der Waals surface area (Å²) in [6.45, 7) is 1.55. The van der Waals surface area contributed by atoms with Crippen molar-refractivity contribution in [1.82, 2.24) is 10.3 Å². The van der Waals surface area contributed by atoms with Gasteiger partial charge in [-0.15, -0.1) is 0 Å². The minimum absolute atomic E-state index is 0.271. The summed E-state index contributed by atoms with van der Waals surface area (Å²) in [4.78, 5) is 31.1. The van der Waals surface area contributed by atoms with Crippen LogP contribution in [0.15, 0.2) is 36.5 Å². The van der Waals surface area contributed by atoms with Crippen molar-refractivity contribution in [2.75, 3.05) is 26.1 Å². The van der Waals surface area contributed by atoms with E-state index in [0.29, 0.717) is 22.0 Å². The zero-order valence-corrected chi connectivity index (χ0v) is 16.4. The molecule has 138 valence electrons. The molecule has 0 radical (unpaired) electrons. The summed E-state index contributed by atoms with van der Waals surface area (Å²) in [6, 6.07) is 7.89. The Kier molecular flexibility index (Phi) is 6.10. The summed E-state index contributed by atoms with van der Waals surface area (Å²) in [7, 11) is 4.89.